The number of amides is 1. The van der Waals surface area contributed by atoms with Crippen molar-refractivity contribution in [1.29, 1.82) is 0 Å². The molecule has 1 aromatic heterocycles. The second-order valence-corrected chi connectivity index (χ2v) is 9.02. The molecule has 1 N–H and O–H groups in total. The first-order valence-electron chi connectivity index (χ1n) is 12.2. The van der Waals surface area contributed by atoms with Crippen molar-refractivity contribution in [1.82, 2.24) is 4.90 Å². The molecule has 192 valence electrons. The van der Waals surface area contributed by atoms with E-state index in [4.69, 9.17) is 13.9 Å². The predicted octanol–water partition coefficient (Wildman–Crippen LogP) is 5.80. The van der Waals surface area contributed by atoms with E-state index in [-0.39, 0.29) is 17.9 Å². The van der Waals surface area contributed by atoms with E-state index in [1.165, 1.54) is 11.2 Å². The van der Waals surface area contributed by atoms with Gasteiger partial charge in [0.15, 0.2) is 0 Å². The molecule has 0 spiro atoms. The number of carbonyl (C=O) groups excluding carboxylic acids is 2. The van der Waals surface area contributed by atoms with Crippen molar-refractivity contribution in [3.8, 4) is 11.5 Å². The Kier molecular flexibility index (Phi) is 7.00. The van der Waals surface area contributed by atoms with Gasteiger partial charge in [0.1, 0.15) is 29.6 Å². The average molecular weight is 510 g/mol. The number of aliphatic hydroxyl groups is 1. The van der Waals surface area contributed by atoms with Crippen LogP contribution in [-0.2, 0) is 22.7 Å². The lowest BCUT2D eigenvalue weighted by molar-refractivity contribution is -0.140. The van der Waals surface area contributed by atoms with Crippen LogP contribution in [0.1, 0.15) is 34.1 Å². The standard InChI is InChI=1S/C31H27NO6/c1-20-7-3-4-8-23(20)19-38-24-14-12-21(13-15-24)29(33)27-28(22-9-5-10-25(17-22)36-2)32(31(35)30(27)34)18-26-11-6-16-37-26/h3-17,28,33H,18-19H2,1-2H3/b29-27+. The largest absolute Gasteiger partial charge is 0.507 e. The normalized spacial score (nSPS) is 16.6. The lowest BCUT2D eigenvalue weighted by atomic mass is 9.95. The molecule has 2 heterocycles. The highest BCUT2D eigenvalue weighted by molar-refractivity contribution is 6.46. The molecular formula is C31H27NO6. The highest BCUT2D eigenvalue weighted by Crippen LogP contribution is 2.41. The fourth-order valence-corrected chi connectivity index (χ4v) is 4.57. The minimum atomic E-state index is -0.827. The first-order chi connectivity index (χ1) is 18.5. The van der Waals surface area contributed by atoms with Gasteiger partial charge >= 0.3 is 0 Å². The van der Waals surface area contributed by atoms with E-state index in [1.54, 1.807) is 67.8 Å². The summed E-state index contributed by atoms with van der Waals surface area (Å²) < 4.78 is 16.7. The minimum absolute atomic E-state index is 0.00314. The van der Waals surface area contributed by atoms with E-state index >= 15 is 0 Å². The van der Waals surface area contributed by atoms with Crippen LogP contribution in [0.2, 0.25) is 0 Å². The number of benzene rings is 3. The predicted molar refractivity (Wildman–Crippen MR) is 142 cm³/mol. The summed E-state index contributed by atoms with van der Waals surface area (Å²) in [6.07, 6.45) is 1.51. The Morgan fingerprint density at radius 1 is 0.947 bits per heavy atom. The lowest BCUT2D eigenvalue weighted by Crippen LogP contribution is -2.29. The molecule has 1 atom stereocenters. The van der Waals surface area contributed by atoms with Gasteiger partial charge < -0.3 is 23.9 Å². The Labute approximate surface area is 220 Å². The molecule has 38 heavy (non-hydrogen) atoms. The SMILES string of the molecule is COc1cccc(C2/C(=C(\O)c3ccc(OCc4ccccc4C)cc3)C(=O)C(=O)N2Cc2ccco2)c1. The Hall–Kier alpha value is -4.78. The number of likely N-dealkylation sites (tertiary alicyclic amines) is 1. The number of ether oxygens (including phenoxy) is 2. The summed E-state index contributed by atoms with van der Waals surface area (Å²) in [7, 11) is 1.54. The van der Waals surface area contributed by atoms with E-state index < -0.39 is 17.7 Å². The fraction of sp³-hybridized carbons (Fsp3) is 0.161. The van der Waals surface area contributed by atoms with Gasteiger partial charge in [-0.1, -0.05) is 36.4 Å². The maximum Gasteiger partial charge on any atom is 0.296 e. The van der Waals surface area contributed by atoms with Gasteiger partial charge in [0.25, 0.3) is 11.7 Å². The summed E-state index contributed by atoms with van der Waals surface area (Å²) in [5.41, 5.74) is 3.25. The third-order valence-corrected chi connectivity index (χ3v) is 6.64. The molecule has 7 heteroatoms. The molecule has 0 aliphatic carbocycles. The topological polar surface area (TPSA) is 89.2 Å². The number of furan rings is 1. The van der Waals surface area contributed by atoms with Crippen molar-refractivity contribution in [2.24, 2.45) is 0 Å². The average Bonchev–Trinajstić information content (AvgIpc) is 3.55. The van der Waals surface area contributed by atoms with Gasteiger partial charge in [-0.05, 0) is 72.1 Å². The minimum Gasteiger partial charge on any atom is -0.507 e. The molecule has 1 amide bonds. The van der Waals surface area contributed by atoms with Crippen LogP contribution < -0.4 is 9.47 Å². The first-order valence-corrected chi connectivity index (χ1v) is 12.2. The molecular weight excluding hydrogens is 482 g/mol. The molecule has 0 radical (unpaired) electrons. The molecule has 1 unspecified atom stereocenters. The molecule has 4 aromatic rings. The van der Waals surface area contributed by atoms with Crippen LogP contribution in [0.4, 0.5) is 0 Å². The molecule has 3 aromatic carbocycles. The second-order valence-electron chi connectivity index (χ2n) is 9.02. The van der Waals surface area contributed by atoms with Crippen molar-refractivity contribution in [3.63, 3.8) is 0 Å². The first kappa shape index (κ1) is 24.9. The van der Waals surface area contributed by atoms with E-state index in [9.17, 15) is 14.7 Å². The summed E-state index contributed by atoms with van der Waals surface area (Å²) in [5.74, 6) is -0.0251. The van der Waals surface area contributed by atoms with Gasteiger partial charge in [-0.3, -0.25) is 9.59 Å². The van der Waals surface area contributed by atoms with E-state index in [0.717, 1.165) is 11.1 Å². The van der Waals surface area contributed by atoms with Crippen molar-refractivity contribution in [2.45, 2.75) is 26.1 Å². The Morgan fingerprint density at radius 2 is 1.74 bits per heavy atom. The molecule has 7 nitrogen and oxygen atoms in total. The van der Waals surface area contributed by atoms with Crippen LogP contribution in [0, 0.1) is 6.92 Å². The lowest BCUT2D eigenvalue weighted by Gasteiger charge is -2.24. The molecule has 0 saturated carbocycles. The van der Waals surface area contributed by atoms with Crippen LogP contribution in [0.5, 0.6) is 11.5 Å². The Morgan fingerprint density at radius 3 is 2.45 bits per heavy atom. The molecule has 1 saturated heterocycles. The molecule has 1 aliphatic heterocycles. The van der Waals surface area contributed by atoms with Crippen LogP contribution >= 0.6 is 0 Å². The maximum atomic E-state index is 13.3. The van der Waals surface area contributed by atoms with E-state index in [2.05, 4.69) is 0 Å². The number of nitrogens with zero attached hydrogens (tertiary/aromatic N) is 1. The van der Waals surface area contributed by atoms with Gasteiger partial charge in [0, 0.05) is 5.56 Å². The van der Waals surface area contributed by atoms with Gasteiger partial charge in [-0.15, -0.1) is 0 Å². The van der Waals surface area contributed by atoms with Crippen LogP contribution in [0.15, 0.2) is 101 Å². The number of hydrogen-bond donors (Lipinski definition) is 1. The van der Waals surface area contributed by atoms with E-state index in [1.807, 2.05) is 31.2 Å². The summed E-state index contributed by atoms with van der Waals surface area (Å²) in [6.45, 7) is 2.51. The van der Waals surface area contributed by atoms with E-state index in [0.29, 0.717) is 35.0 Å². The number of carbonyl (C=O) groups is 2. The Bertz CT molecular complexity index is 1490. The molecule has 0 bridgehead atoms. The molecule has 1 fully saturated rings. The van der Waals surface area contributed by atoms with Gasteiger partial charge in [-0.2, -0.15) is 0 Å². The third-order valence-electron chi connectivity index (χ3n) is 6.64. The summed E-state index contributed by atoms with van der Waals surface area (Å²) in [6, 6.07) is 24.5. The van der Waals surface area contributed by atoms with Crippen molar-refractivity contribution in [2.75, 3.05) is 7.11 Å². The maximum absolute atomic E-state index is 13.3. The van der Waals surface area contributed by atoms with Crippen LogP contribution in [0.25, 0.3) is 5.76 Å². The van der Waals surface area contributed by atoms with Gasteiger partial charge in [0.2, 0.25) is 0 Å². The Balaban J connectivity index is 1.48. The van der Waals surface area contributed by atoms with Crippen molar-refractivity contribution < 1.29 is 28.6 Å². The molecule has 5 rings (SSSR count). The number of rotatable bonds is 8. The molecule has 1 aliphatic rings. The summed E-state index contributed by atoms with van der Waals surface area (Å²) >= 11 is 0. The van der Waals surface area contributed by atoms with Crippen molar-refractivity contribution >= 4 is 17.4 Å². The number of methoxy groups -OCH3 is 1. The summed E-state index contributed by atoms with van der Waals surface area (Å²) in [4.78, 5) is 27.8. The van der Waals surface area contributed by atoms with Crippen LogP contribution in [0.3, 0.4) is 0 Å². The number of ketones is 1. The quantitative estimate of drug-likeness (QED) is 0.184. The smallest absolute Gasteiger partial charge is 0.296 e. The zero-order chi connectivity index (χ0) is 26.6. The van der Waals surface area contributed by atoms with Gasteiger partial charge in [0.05, 0.1) is 31.5 Å². The number of aryl methyl sites for hydroxylation is 1. The number of aliphatic hydroxyl groups excluding tert-OH is 1. The highest BCUT2D eigenvalue weighted by atomic mass is 16.5. The summed E-state index contributed by atoms with van der Waals surface area (Å²) in [5, 5.41) is 11.3. The third kappa shape index (κ3) is 4.91. The zero-order valence-electron chi connectivity index (χ0n) is 21.1. The highest BCUT2D eigenvalue weighted by Gasteiger charge is 2.46. The fourth-order valence-electron chi connectivity index (χ4n) is 4.57. The van der Waals surface area contributed by atoms with Gasteiger partial charge in [-0.25, -0.2) is 0 Å². The van der Waals surface area contributed by atoms with Crippen LogP contribution in [-0.4, -0.2) is 28.8 Å². The monoisotopic (exact) mass is 509 g/mol. The second kappa shape index (κ2) is 10.7. The number of hydrogen-bond acceptors (Lipinski definition) is 6. The zero-order valence-corrected chi connectivity index (χ0v) is 21.1. The van der Waals surface area contributed by atoms with Crippen molar-refractivity contribution in [3.05, 3.63) is 125 Å². The number of Topliss-reactive ketones (excluding diaryl/α,β-unsaturated/α-hetero) is 1.